The lowest BCUT2D eigenvalue weighted by molar-refractivity contribution is -0.903. The van der Waals surface area contributed by atoms with Gasteiger partial charge in [-0.1, -0.05) is 101 Å². The average Bonchev–Trinajstić information content (AvgIpc) is 2.89. The van der Waals surface area contributed by atoms with Crippen LogP contribution in [-0.4, -0.2) is 37.4 Å². The molecule has 0 heterocycles. The van der Waals surface area contributed by atoms with Crippen LogP contribution in [0.15, 0.2) is 54.6 Å². The molecule has 0 aliphatic carbocycles. The fraction of sp³-hybridized carbons (Fsp3) is 0.618. The van der Waals surface area contributed by atoms with Crippen molar-refractivity contribution in [3.8, 4) is 5.75 Å². The summed E-state index contributed by atoms with van der Waals surface area (Å²) in [5.74, 6) is 0.610. The molecule has 0 bridgehead atoms. The minimum Gasteiger partial charge on any atom is -0.455 e. The van der Waals surface area contributed by atoms with Crippen molar-refractivity contribution in [3.63, 3.8) is 0 Å². The molecule has 0 saturated carbocycles. The zero-order valence-corrected chi connectivity index (χ0v) is 24.8. The molecule has 0 aromatic heterocycles. The third-order valence-corrected chi connectivity index (χ3v) is 7.14. The quantitative estimate of drug-likeness (QED) is 0.0708. The van der Waals surface area contributed by atoms with Crippen LogP contribution in [0.3, 0.4) is 0 Å². The van der Waals surface area contributed by atoms with Crippen molar-refractivity contribution < 1.29 is 18.8 Å². The number of benzene rings is 2. The van der Waals surface area contributed by atoms with Crippen LogP contribution in [0.4, 0.5) is 0 Å². The standard InChI is InChI=1S/C34H54NO3/c1-5-7-8-9-10-11-12-14-20-30-24-26-32(27-25-30)37-34(19-6-2)38-33(36)23-17-18-28-35(3,4)29-31-21-15-13-16-22-31/h13,15-16,21-22,24-27,34H,5-12,14,17-20,23,28-29H2,1-4H3/q+1. The number of carbonyl (C=O) groups excluding carboxylic acids is 1. The van der Waals surface area contributed by atoms with E-state index in [1.54, 1.807) is 0 Å². The van der Waals surface area contributed by atoms with Crippen molar-refractivity contribution in [2.75, 3.05) is 20.6 Å². The summed E-state index contributed by atoms with van der Waals surface area (Å²) in [4.78, 5) is 12.5. The smallest absolute Gasteiger partial charge is 0.308 e. The van der Waals surface area contributed by atoms with E-state index in [0.717, 1.165) is 49.0 Å². The number of aryl methyl sites for hydroxylation is 1. The van der Waals surface area contributed by atoms with Crippen molar-refractivity contribution >= 4 is 5.97 Å². The van der Waals surface area contributed by atoms with Crippen molar-refractivity contribution in [2.24, 2.45) is 0 Å². The van der Waals surface area contributed by atoms with Gasteiger partial charge in [0, 0.05) is 18.4 Å². The van der Waals surface area contributed by atoms with Crippen molar-refractivity contribution in [3.05, 3.63) is 65.7 Å². The first kappa shape index (κ1) is 31.9. The predicted octanol–water partition coefficient (Wildman–Crippen LogP) is 8.86. The average molecular weight is 525 g/mol. The SMILES string of the molecule is CCCCCCCCCCc1ccc(OC(CCC)OC(=O)CCCC[N+](C)(C)Cc2ccccc2)cc1. The van der Waals surface area contributed by atoms with E-state index >= 15 is 0 Å². The fourth-order valence-electron chi connectivity index (χ4n) is 4.90. The molecule has 2 aromatic rings. The number of hydrogen-bond donors (Lipinski definition) is 0. The highest BCUT2D eigenvalue weighted by Crippen LogP contribution is 2.19. The van der Waals surface area contributed by atoms with E-state index in [1.165, 1.54) is 62.5 Å². The second-order valence-corrected chi connectivity index (χ2v) is 11.5. The van der Waals surface area contributed by atoms with E-state index in [1.807, 2.05) is 12.1 Å². The molecule has 212 valence electrons. The predicted molar refractivity (Wildman–Crippen MR) is 159 cm³/mol. The van der Waals surface area contributed by atoms with Gasteiger partial charge in [-0.3, -0.25) is 4.79 Å². The number of nitrogens with zero attached hydrogens (tertiary/aromatic N) is 1. The molecule has 2 aromatic carbocycles. The van der Waals surface area contributed by atoms with Gasteiger partial charge in [0.2, 0.25) is 6.29 Å². The lowest BCUT2D eigenvalue weighted by Gasteiger charge is -2.30. The molecule has 0 aliphatic rings. The summed E-state index contributed by atoms with van der Waals surface area (Å²) in [5.41, 5.74) is 2.69. The van der Waals surface area contributed by atoms with Gasteiger partial charge in [-0.15, -0.1) is 0 Å². The van der Waals surface area contributed by atoms with Gasteiger partial charge in [-0.25, -0.2) is 0 Å². The zero-order chi connectivity index (χ0) is 27.5. The van der Waals surface area contributed by atoms with Crippen molar-refractivity contribution in [1.82, 2.24) is 0 Å². The van der Waals surface area contributed by atoms with Gasteiger partial charge in [-0.05, 0) is 49.8 Å². The van der Waals surface area contributed by atoms with Crippen LogP contribution in [-0.2, 0) is 22.5 Å². The molecule has 0 radical (unpaired) electrons. The summed E-state index contributed by atoms with van der Waals surface area (Å²) in [6, 6.07) is 18.9. The normalized spacial score (nSPS) is 12.3. The molecule has 0 N–H and O–H groups in total. The lowest BCUT2D eigenvalue weighted by Crippen LogP contribution is -2.39. The Balaban J connectivity index is 1.65. The number of quaternary nitrogens is 1. The molecule has 1 unspecified atom stereocenters. The molecular weight excluding hydrogens is 470 g/mol. The minimum absolute atomic E-state index is 0.164. The highest BCUT2D eigenvalue weighted by molar-refractivity contribution is 5.69. The number of esters is 1. The molecule has 0 spiro atoms. The van der Waals surface area contributed by atoms with E-state index in [0.29, 0.717) is 12.8 Å². The maximum atomic E-state index is 12.5. The molecule has 0 fully saturated rings. The first-order valence-electron chi connectivity index (χ1n) is 15.2. The highest BCUT2D eigenvalue weighted by atomic mass is 16.7. The number of unbranched alkanes of at least 4 members (excludes halogenated alkanes) is 8. The number of rotatable bonds is 21. The van der Waals surface area contributed by atoms with E-state index in [-0.39, 0.29) is 5.97 Å². The molecule has 0 aliphatic heterocycles. The van der Waals surface area contributed by atoms with E-state index in [9.17, 15) is 4.79 Å². The molecule has 0 amide bonds. The molecule has 4 nitrogen and oxygen atoms in total. The van der Waals surface area contributed by atoms with E-state index in [2.05, 4.69) is 70.4 Å². The summed E-state index contributed by atoms with van der Waals surface area (Å²) >= 11 is 0. The Kier molecular flexibility index (Phi) is 15.8. The molecule has 4 heteroatoms. The Morgan fingerprint density at radius 3 is 2.05 bits per heavy atom. The van der Waals surface area contributed by atoms with Crippen LogP contribution in [0.2, 0.25) is 0 Å². The Hall–Kier alpha value is -2.33. The lowest BCUT2D eigenvalue weighted by atomic mass is 10.0. The van der Waals surface area contributed by atoms with Crippen molar-refractivity contribution in [1.29, 1.82) is 0 Å². The van der Waals surface area contributed by atoms with E-state index < -0.39 is 6.29 Å². The highest BCUT2D eigenvalue weighted by Gasteiger charge is 2.18. The second kappa shape index (κ2) is 18.8. The Morgan fingerprint density at radius 2 is 1.39 bits per heavy atom. The molecule has 38 heavy (non-hydrogen) atoms. The van der Waals surface area contributed by atoms with Gasteiger partial charge in [0.15, 0.2) is 0 Å². The third-order valence-electron chi connectivity index (χ3n) is 7.14. The maximum Gasteiger partial charge on any atom is 0.308 e. The minimum atomic E-state index is -0.517. The van der Waals surface area contributed by atoms with Crippen LogP contribution >= 0.6 is 0 Å². The van der Waals surface area contributed by atoms with Crippen LogP contribution < -0.4 is 4.74 Å². The summed E-state index contributed by atoms with van der Waals surface area (Å²) in [6.07, 6.45) is 15.2. The molecular formula is C34H54NO3+. The summed E-state index contributed by atoms with van der Waals surface area (Å²) in [5, 5.41) is 0. The number of carbonyl (C=O) groups is 1. The van der Waals surface area contributed by atoms with E-state index in [4.69, 9.17) is 9.47 Å². The number of ether oxygens (including phenoxy) is 2. The molecule has 0 saturated heterocycles. The Morgan fingerprint density at radius 1 is 0.737 bits per heavy atom. The largest absolute Gasteiger partial charge is 0.455 e. The number of hydrogen-bond acceptors (Lipinski definition) is 3. The molecule has 1 atom stereocenters. The van der Waals surface area contributed by atoms with Gasteiger partial charge in [-0.2, -0.15) is 0 Å². The van der Waals surface area contributed by atoms with Gasteiger partial charge in [0.1, 0.15) is 12.3 Å². The van der Waals surface area contributed by atoms with Crippen LogP contribution in [0, 0.1) is 0 Å². The molecule has 2 rings (SSSR count). The van der Waals surface area contributed by atoms with Crippen LogP contribution in [0.25, 0.3) is 0 Å². The van der Waals surface area contributed by atoms with Gasteiger partial charge in [0.05, 0.1) is 20.6 Å². The second-order valence-electron chi connectivity index (χ2n) is 11.5. The summed E-state index contributed by atoms with van der Waals surface area (Å²) in [7, 11) is 4.49. The topological polar surface area (TPSA) is 35.5 Å². The van der Waals surface area contributed by atoms with Gasteiger partial charge in [0.25, 0.3) is 0 Å². The fourth-order valence-corrected chi connectivity index (χ4v) is 4.90. The van der Waals surface area contributed by atoms with Crippen molar-refractivity contribution in [2.45, 2.75) is 117 Å². The van der Waals surface area contributed by atoms with Gasteiger partial charge < -0.3 is 14.0 Å². The maximum absolute atomic E-state index is 12.5. The summed E-state index contributed by atoms with van der Waals surface area (Å²) in [6.45, 7) is 6.38. The summed E-state index contributed by atoms with van der Waals surface area (Å²) < 4.78 is 12.7. The Labute approximate surface area is 233 Å². The third kappa shape index (κ3) is 14.6. The monoisotopic (exact) mass is 524 g/mol. The first-order valence-corrected chi connectivity index (χ1v) is 15.2. The Bertz CT molecular complexity index is 863. The first-order chi connectivity index (χ1) is 18.4. The van der Waals surface area contributed by atoms with Gasteiger partial charge >= 0.3 is 5.97 Å². The zero-order valence-electron chi connectivity index (χ0n) is 24.8. The van der Waals surface area contributed by atoms with Crippen LogP contribution in [0.5, 0.6) is 5.75 Å². The van der Waals surface area contributed by atoms with Crippen LogP contribution in [0.1, 0.15) is 108 Å².